The number of amides is 3. The Morgan fingerprint density at radius 3 is 2.46 bits per heavy atom. The Morgan fingerprint density at radius 1 is 1.12 bits per heavy atom. The highest BCUT2D eigenvalue weighted by atomic mass is 16.5. The second-order valence-electron chi connectivity index (χ2n) is 5.73. The molecule has 2 aromatic rings. The number of phenols is 1. The van der Waals surface area contributed by atoms with Gasteiger partial charge in [-0.15, -0.1) is 0 Å². The molecular formula is C19H20N2O5. The maximum atomic E-state index is 12.0. The van der Waals surface area contributed by atoms with Crippen LogP contribution in [-0.2, 0) is 16.1 Å². The van der Waals surface area contributed by atoms with Crippen LogP contribution in [0.5, 0.6) is 5.75 Å². The predicted octanol–water partition coefficient (Wildman–Crippen LogP) is 2.27. The molecule has 3 N–H and O–H groups in total. The number of carbonyl (C=O) groups is 3. The van der Waals surface area contributed by atoms with E-state index in [0.717, 1.165) is 11.1 Å². The zero-order valence-electron chi connectivity index (χ0n) is 14.5. The van der Waals surface area contributed by atoms with Crippen LogP contribution in [0.2, 0.25) is 0 Å². The summed E-state index contributed by atoms with van der Waals surface area (Å²) in [6.07, 6.45) is -1.20. The Labute approximate surface area is 151 Å². The molecule has 0 saturated carbocycles. The van der Waals surface area contributed by atoms with E-state index in [-0.39, 0.29) is 17.9 Å². The number of rotatable bonds is 5. The first-order valence-corrected chi connectivity index (χ1v) is 8.00. The van der Waals surface area contributed by atoms with Gasteiger partial charge in [0.1, 0.15) is 11.3 Å². The summed E-state index contributed by atoms with van der Waals surface area (Å²) >= 11 is 0. The minimum atomic E-state index is -1.20. The Kier molecular flexibility index (Phi) is 6.32. The number of ether oxygens (including phenoxy) is 1. The fraction of sp³-hybridized carbons (Fsp3) is 0.211. The van der Waals surface area contributed by atoms with Crippen LogP contribution in [0.1, 0.15) is 28.4 Å². The monoisotopic (exact) mass is 356 g/mol. The van der Waals surface area contributed by atoms with E-state index >= 15 is 0 Å². The van der Waals surface area contributed by atoms with Crippen LogP contribution >= 0.6 is 0 Å². The number of benzene rings is 2. The minimum absolute atomic E-state index is 0.0521. The number of nitrogens with one attached hydrogen (secondary N) is 2. The fourth-order valence-electron chi connectivity index (χ4n) is 2.13. The third-order valence-electron chi connectivity index (χ3n) is 3.56. The van der Waals surface area contributed by atoms with Crippen molar-refractivity contribution in [3.63, 3.8) is 0 Å². The highest BCUT2D eigenvalue weighted by molar-refractivity contribution is 5.99. The predicted molar refractivity (Wildman–Crippen MR) is 94.5 cm³/mol. The van der Waals surface area contributed by atoms with Crippen molar-refractivity contribution in [2.45, 2.75) is 26.5 Å². The molecule has 0 bridgehead atoms. The van der Waals surface area contributed by atoms with Crippen LogP contribution in [0.3, 0.4) is 0 Å². The van der Waals surface area contributed by atoms with Crippen molar-refractivity contribution in [3.05, 3.63) is 65.2 Å². The Morgan fingerprint density at radius 2 is 1.81 bits per heavy atom. The molecule has 136 valence electrons. The topological polar surface area (TPSA) is 105 Å². The molecular weight excluding hydrogens is 336 g/mol. The number of hydrogen-bond donors (Lipinski definition) is 3. The van der Waals surface area contributed by atoms with Crippen molar-refractivity contribution in [3.8, 4) is 5.75 Å². The molecule has 0 heterocycles. The summed E-state index contributed by atoms with van der Waals surface area (Å²) < 4.78 is 4.99. The molecule has 0 aliphatic rings. The van der Waals surface area contributed by atoms with Gasteiger partial charge in [0, 0.05) is 6.54 Å². The average Bonchev–Trinajstić information content (AvgIpc) is 2.60. The van der Waals surface area contributed by atoms with E-state index < -0.39 is 24.0 Å². The average molecular weight is 356 g/mol. The van der Waals surface area contributed by atoms with Gasteiger partial charge in [0.2, 0.25) is 0 Å². The second-order valence-corrected chi connectivity index (χ2v) is 5.73. The van der Waals surface area contributed by atoms with Crippen LogP contribution in [0.25, 0.3) is 0 Å². The molecule has 2 rings (SSSR count). The summed E-state index contributed by atoms with van der Waals surface area (Å²) in [6, 6.07) is 13.0. The van der Waals surface area contributed by atoms with Crippen LogP contribution in [0, 0.1) is 6.92 Å². The van der Waals surface area contributed by atoms with E-state index in [1.54, 1.807) is 13.0 Å². The van der Waals surface area contributed by atoms with Gasteiger partial charge in [0.15, 0.2) is 6.10 Å². The van der Waals surface area contributed by atoms with E-state index in [1.807, 2.05) is 30.3 Å². The third-order valence-corrected chi connectivity index (χ3v) is 3.56. The van der Waals surface area contributed by atoms with Gasteiger partial charge in [-0.3, -0.25) is 10.1 Å². The first-order chi connectivity index (χ1) is 12.4. The van der Waals surface area contributed by atoms with Crippen LogP contribution in [0.15, 0.2) is 48.5 Å². The highest BCUT2D eigenvalue weighted by Gasteiger charge is 2.22. The lowest BCUT2D eigenvalue weighted by atomic mass is 10.1. The molecule has 3 amide bonds. The molecule has 0 fully saturated rings. The Hall–Kier alpha value is -3.35. The summed E-state index contributed by atoms with van der Waals surface area (Å²) in [7, 11) is 0. The van der Waals surface area contributed by atoms with Crippen LogP contribution in [-0.4, -0.2) is 29.1 Å². The van der Waals surface area contributed by atoms with Crippen molar-refractivity contribution < 1.29 is 24.2 Å². The molecule has 0 aliphatic carbocycles. The van der Waals surface area contributed by atoms with Crippen LogP contribution < -0.4 is 10.6 Å². The maximum Gasteiger partial charge on any atom is 0.342 e. The van der Waals surface area contributed by atoms with Gasteiger partial charge in [0.25, 0.3) is 5.91 Å². The SMILES string of the molecule is Cc1ccc(C(=O)O[C@H](C)C(=O)NC(=O)NCc2ccccc2)c(O)c1. The van der Waals surface area contributed by atoms with Gasteiger partial charge in [-0.05, 0) is 37.1 Å². The largest absolute Gasteiger partial charge is 0.507 e. The molecule has 0 aliphatic heterocycles. The second kappa shape index (κ2) is 8.66. The van der Waals surface area contributed by atoms with Gasteiger partial charge >= 0.3 is 12.0 Å². The number of aromatic hydroxyl groups is 1. The summed E-state index contributed by atoms with van der Waals surface area (Å²) in [6.45, 7) is 3.35. The number of imide groups is 1. The van der Waals surface area contributed by atoms with Crippen molar-refractivity contribution in [1.29, 1.82) is 0 Å². The summed E-state index contributed by atoms with van der Waals surface area (Å²) in [4.78, 5) is 35.7. The number of urea groups is 1. The van der Waals surface area contributed by atoms with Crippen molar-refractivity contribution in [1.82, 2.24) is 10.6 Å². The quantitative estimate of drug-likeness (QED) is 0.713. The molecule has 26 heavy (non-hydrogen) atoms. The zero-order valence-corrected chi connectivity index (χ0v) is 14.5. The van der Waals surface area contributed by atoms with E-state index in [9.17, 15) is 19.5 Å². The molecule has 0 saturated heterocycles. The standard InChI is InChI=1S/C19H20N2O5/c1-12-8-9-15(16(22)10-12)18(24)26-13(2)17(23)21-19(25)20-11-14-6-4-3-5-7-14/h3-10,13,22H,11H2,1-2H3,(H2,20,21,23,25)/t13-/m1/s1. The molecule has 0 radical (unpaired) electrons. The van der Waals surface area contributed by atoms with Gasteiger partial charge in [-0.1, -0.05) is 36.4 Å². The summed E-state index contributed by atoms with van der Waals surface area (Å²) in [5.41, 5.74) is 1.60. The van der Waals surface area contributed by atoms with Crippen molar-refractivity contribution in [2.24, 2.45) is 0 Å². The number of phenolic OH excluding ortho intramolecular Hbond substituents is 1. The van der Waals surface area contributed by atoms with Gasteiger partial charge < -0.3 is 15.2 Å². The maximum absolute atomic E-state index is 12.0. The lowest BCUT2D eigenvalue weighted by Gasteiger charge is -2.14. The first-order valence-electron chi connectivity index (χ1n) is 8.00. The lowest BCUT2D eigenvalue weighted by Crippen LogP contribution is -2.44. The molecule has 0 unspecified atom stereocenters. The molecule has 0 spiro atoms. The van der Waals surface area contributed by atoms with E-state index in [0.29, 0.717) is 0 Å². The fourth-order valence-corrected chi connectivity index (χ4v) is 2.13. The zero-order chi connectivity index (χ0) is 19.1. The molecule has 7 nitrogen and oxygen atoms in total. The molecule has 7 heteroatoms. The third kappa shape index (κ3) is 5.34. The highest BCUT2D eigenvalue weighted by Crippen LogP contribution is 2.19. The lowest BCUT2D eigenvalue weighted by molar-refractivity contribution is -0.127. The summed E-state index contributed by atoms with van der Waals surface area (Å²) in [5.74, 6) is -1.85. The van der Waals surface area contributed by atoms with E-state index in [2.05, 4.69) is 10.6 Å². The Bertz CT molecular complexity index is 805. The number of carbonyl (C=O) groups excluding carboxylic acids is 3. The van der Waals surface area contributed by atoms with Crippen molar-refractivity contribution >= 4 is 17.9 Å². The number of aryl methyl sites for hydroxylation is 1. The van der Waals surface area contributed by atoms with Gasteiger partial charge in [0.05, 0.1) is 0 Å². The molecule has 2 aromatic carbocycles. The van der Waals surface area contributed by atoms with Gasteiger partial charge in [-0.25, -0.2) is 9.59 Å². The number of esters is 1. The molecule has 0 aromatic heterocycles. The normalized spacial score (nSPS) is 11.3. The van der Waals surface area contributed by atoms with Crippen molar-refractivity contribution in [2.75, 3.05) is 0 Å². The smallest absolute Gasteiger partial charge is 0.342 e. The van der Waals surface area contributed by atoms with Crippen LogP contribution in [0.4, 0.5) is 4.79 Å². The first kappa shape index (κ1) is 19.0. The Balaban J connectivity index is 1.84. The molecule has 1 atom stereocenters. The van der Waals surface area contributed by atoms with E-state index in [1.165, 1.54) is 19.1 Å². The van der Waals surface area contributed by atoms with E-state index in [4.69, 9.17) is 4.74 Å². The number of hydrogen-bond acceptors (Lipinski definition) is 5. The summed E-state index contributed by atoms with van der Waals surface area (Å²) in [5, 5.41) is 14.4. The van der Waals surface area contributed by atoms with Gasteiger partial charge in [-0.2, -0.15) is 0 Å². The minimum Gasteiger partial charge on any atom is -0.507 e.